The summed E-state index contributed by atoms with van der Waals surface area (Å²) >= 11 is 0. The summed E-state index contributed by atoms with van der Waals surface area (Å²) in [6, 6.07) is 8.91. The van der Waals surface area contributed by atoms with Gasteiger partial charge in [0.25, 0.3) is 11.8 Å². The Morgan fingerprint density at radius 2 is 1.74 bits per heavy atom. The van der Waals surface area contributed by atoms with E-state index in [4.69, 9.17) is 19.3 Å². The minimum atomic E-state index is -0.782. The molecule has 0 bridgehead atoms. The van der Waals surface area contributed by atoms with Gasteiger partial charge in [-0.2, -0.15) is 5.10 Å². The van der Waals surface area contributed by atoms with Crippen molar-refractivity contribution in [3.63, 3.8) is 0 Å². The highest BCUT2D eigenvalue weighted by molar-refractivity contribution is 6.19. The van der Waals surface area contributed by atoms with Gasteiger partial charge in [-0.3, -0.25) is 9.59 Å². The van der Waals surface area contributed by atoms with Crippen LogP contribution in [0.15, 0.2) is 41.6 Å². The molecule has 0 aliphatic carbocycles. The lowest BCUT2D eigenvalue weighted by atomic mass is 9.83. The summed E-state index contributed by atoms with van der Waals surface area (Å²) in [6.07, 6.45) is 2.87. The van der Waals surface area contributed by atoms with Crippen LogP contribution in [-0.4, -0.2) is 72.9 Å². The highest BCUT2D eigenvalue weighted by atomic mass is 16.5. The van der Waals surface area contributed by atoms with Gasteiger partial charge in [0.2, 0.25) is 5.88 Å². The Morgan fingerprint density at radius 3 is 2.38 bits per heavy atom. The van der Waals surface area contributed by atoms with Crippen LogP contribution in [0.1, 0.15) is 42.6 Å². The van der Waals surface area contributed by atoms with Crippen molar-refractivity contribution in [3.05, 3.63) is 47.7 Å². The average Bonchev–Trinajstić information content (AvgIpc) is 3.11. The smallest absolute Gasteiger partial charge is 0.259 e. The standard InChI is InChI=1S/C25H30N4O5/c1-25(2)21(16-8-9-19(32-3)20(15-16)33-4)27-29(24(25)31)17-10-13-28(14-11-17)23(30)18-7-6-12-26-22(18)34-5/h6-9,12,15,17H,10-11,13-14H2,1-5H3. The second kappa shape index (κ2) is 9.32. The molecule has 0 N–H and O–H groups in total. The van der Waals surface area contributed by atoms with E-state index in [-0.39, 0.29) is 17.9 Å². The molecule has 9 nitrogen and oxygen atoms in total. The third-order valence-corrected chi connectivity index (χ3v) is 6.49. The van der Waals surface area contributed by atoms with Gasteiger partial charge in [0.15, 0.2) is 11.5 Å². The van der Waals surface area contributed by atoms with E-state index in [1.807, 2.05) is 32.0 Å². The van der Waals surface area contributed by atoms with Crippen molar-refractivity contribution in [3.8, 4) is 17.4 Å². The van der Waals surface area contributed by atoms with Gasteiger partial charge in [-0.15, -0.1) is 0 Å². The van der Waals surface area contributed by atoms with E-state index in [9.17, 15) is 9.59 Å². The number of carbonyl (C=O) groups is 2. The van der Waals surface area contributed by atoms with E-state index in [1.54, 1.807) is 42.5 Å². The first-order chi connectivity index (χ1) is 16.3. The number of likely N-dealkylation sites (tertiary alicyclic amines) is 1. The fourth-order valence-corrected chi connectivity index (χ4v) is 4.52. The number of ether oxygens (including phenoxy) is 3. The van der Waals surface area contributed by atoms with E-state index in [2.05, 4.69) is 4.98 Å². The zero-order valence-electron chi connectivity index (χ0n) is 20.2. The molecule has 1 aromatic heterocycles. The van der Waals surface area contributed by atoms with Crippen molar-refractivity contribution in [1.82, 2.24) is 14.9 Å². The maximum Gasteiger partial charge on any atom is 0.259 e. The monoisotopic (exact) mass is 466 g/mol. The van der Waals surface area contributed by atoms with Gasteiger partial charge in [-0.1, -0.05) is 0 Å². The van der Waals surface area contributed by atoms with E-state index >= 15 is 0 Å². The Labute approximate surface area is 199 Å². The molecule has 0 unspecified atom stereocenters. The first-order valence-electron chi connectivity index (χ1n) is 11.2. The Balaban J connectivity index is 1.51. The predicted octanol–water partition coefficient (Wildman–Crippen LogP) is 2.98. The molecule has 2 aromatic rings. The summed E-state index contributed by atoms with van der Waals surface area (Å²) < 4.78 is 16.0. The van der Waals surface area contributed by atoms with E-state index in [0.717, 1.165) is 5.56 Å². The number of nitrogens with zero attached hydrogens (tertiary/aromatic N) is 4. The van der Waals surface area contributed by atoms with E-state index in [1.165, 1.54) is 7.11 Å². The second-order valence-electron chi connectivity index (χ2n) is 8.88. The fraction of sp³-hybridized carbons (Fsp3) is 0.440. The molecule has 1 saturated heterocycles. The van der Waals surface area contributed by atoms with Gasteiger partial charge in [0.05, 0.1) is 38.5 Å². The fourth-order valence-electron chi connectivity index (χ4n) is 4.52. The highest BCUT2D eigenvalue weighted by Crippen LogP contribution is 2.37. The Hall–Kier alpha value is -3.62. The molecule has 1 fully saturated rings. The van der Waals surface area contributed by atoms with Crippen molar-refractivity contribution < 1.29 is 23.8 Å². The zero-order chi connectivity index (χ0) is 24.5. The summed E-state index contributed by atoms with van der Waals surface area (Å²) in [4.78, 5) is 32.3. The lowest BCUT2D eigenvalue weighted by Crippen LogP contribution is -2.47. The first-order valence-corrected chi connectivity index (χ1v) is 11.2. The summed E-state index contributed by atoms with van der Waals surface area (Å²) in [5, 5.41) is 6.38. The molecule has 0 atom stereocenters. The van der Waals surface area contributed by atoms with Gasteiger partial charge in [-0.25, -0.2) is 9.99 Å². The predicted molar refractivity (Wildman–Crippen MR) is 126 cm³/mol. The molecule has 0 saturated carbocycles. The number of rotatable bonds is 6. The van der Waals surface area contributed by atoms with Crippen LogP contribution in [0.2, 0.25) is 0 Å². The topological polar surface area (TPSA) is 93.6 Å². The van der Waals surface area contributed by atoms with Crippen molar-refractivity contribution in [1.29, 1.82) is 0 Å². The van der Waals surface area contributed by atoms with Crippen LogP contribution in [0.3, 0.4) is 0 Å². The zero-order valence-corrected chi connectivity index (χ0v) is 20.2. The molecular weight excluding hydrogens is 436 g/mol. The normalized spacial score (nSPS) is 18.0. The molecule has 4 rings (SSSR count). The van der Waals surface area contributed by atoms with Gasteiger partial charge in [-0.05, 0) is 57.0 Å². The number of pyridine rings is 1. The van der Waals surface area contributed by atoms with Crippen LogP contribution in [-0.2, 0) is 4.79 Å². The number of carbonyl (C=O) groups excluding carboxylic acids is 2. The van der Waals surface area contributed by atoms with Crippen LogP contribution in [0, 0.1) is 5.41 Å². The molecular formula is C25H30N4O5. The van der Waals surface area contributed by atoms with Gasteiger partial charge in [0, 0.05) is 24.8 Å². The maximum atomic E-state index is 13.4. The van der Waals surface area contributed by atoms with Gasteiger partial charge >= 0.3 is 0 Å². The molecule has 0 spiro atoms. The van der Waals surface area contributed by atoms with Crippen molar-refractivity contribution in [2.45, 2.75) is 32.7 Å². The highest BCUT2D eigenvalue weighted by Gasteiger charge is 2.47. The van der Waals surface area contributed by atoms with Crippen molar-refractivity contribution in [2.75, 3.05) is 34.4 Å². The summed E-state index contributed by atoms with van der Waals surface area (Å²) in [5.41, 5.74) is 1.16. The van der Waals surface area contributed by atoms with Crippen LogP contribution in [0.4, 0.5) is 0 Å². The molecule has 2 aliphatic heterocycles. The number of piperidine rings is 1. The number of hydrogen-bond donors (Lipinski definition) is 0. The number of benzene rings is 1. The van der Waals surface area contributed by atoms with Crippen molar-refractivity contribution in [2.24, 2.45) is 10.5 Å². The van der Waals surface area contributed by atoms with Gasteiger partial charge in [0.1, 0.15) is 5.56 Å². The lowest BCUT2D eigenvalue weighted by Gasteiger charge is -2.35. The third-order valence-electron chi connectivity index (χ3n) is 6.49. The Morgan fingerprint density at radius 1 is 1.03 bits per heavy atom. The maximum absolute atomic E-state index is 13.4. The first kappa shape index (κ1) is 23.5. The molecule has 180 valence electrons. The number of methoxy groups -OCH3 is 3. The van der Waals surface area contributed by atoms with Crippen LogP contribution in [0.5, 0.6) is 17.4 Å². The molecule has 3 heterocycles. The summed E-state index contributed by atoms with van der Waals surface area (Å²) in [5.74, 6) is 1.35. The molecule has 34 heavy (non-hydrogen) atoms. The third kappa shape index (κ3) is 4.06. The number of aromatic nitrogens is 1. The van der Waals surface area contributed by atoms with E-state index in [0.29, 0.717) is 54.6 Å². The number of hydrogen-bond acceptors (Lipinski definition) is 7. The van der Waals surface area contributed by atoms with Crippen molar-refractivity contribution >= 4 is 17.5 Å². The van der Waals surface area contributed by atoms with Gasteiger partial charge < -0.3 is 19.1 Å². The molecule has 0 radical (unpaired) electrons. The molecule has 2 amide bonds. The summed E-state index contributed by atoms with van der Waals surface area (Å²) in [7, 11) is 4.66. The van der Waals surface area contributed by atoms with Crippen LogP contribution >= 0.6 is 0 Å². The quantitative estimate of drug-likeness (QED) is 0.650. The Kier molecular flexibility index (Phi) is 6.45. The lowest BCUT2D eigenvalue weighted by molar-refractivity contribution is -0.137. The molecule has 1 aromatic carbocycles. The SMILES string of the molecule is COc1ccc(C2=NN(C3CCN(C(=O)c4cccnc4OC)CC3)C(=O)C2(C)C)cc1OC. The average molecular weight is 467 g/mol. The molecule has 2 aliphatic rings. The van der Waals surface area contributed by atoms with Crippen LogP contribution < -0.4 is 14.2 Å². The Bertz CT molecular complexity index is 1120. The second-order valence-corrected chi connectivity index (χ2v) is 8.88. The number of hydrazone groups is 1. The summed E-state index contributed by atoms with van der Waals surface area (Å²) in [6.45, 7) is 4.82. The minimum absolute atomic E-state index is 0.0454. The largest absolute Gasteiger partial charge is 0.493 e. The number of amides is 2. The molecule has 9 heteroatoms. The van der Waals surface area contributed by atoms with E-state index < -0.39 is 5.41 Å². The minimum Gasteiger partial charge on any atom is -0.493 e. The van der Waals surface area contributed by atoms with Crippen LogP contribution in [0.25, 0.3) is 0 Å².